The molecular formula is C18H17ClF3N5OS. The van der Waals surface area contributed by atoms with E-state index in [9.17, 15) is 18.0 Å². The van der Waals surface area contributed by atoms with Gasteiger partial charge in [-0.15, -0.1) is 10.2 Å². The fraction of sp³-hybridized carbons (Fsp3) is 0.333. The Morgan fingerprint density at radius 1 is 1.28 bits per heavy atom. The maximum Gasteiger partial charge on any atom is 0.434 e. The lowest BCUT2D eigenvalue weighted by atomic mass is 10.2. The fourth-order valence-electron chi connectivity index (χ4n) is 2.69. The van der Waals surface area contributed by atoms with Gasteiger partial charge in [-0.2, -0.15) is 18.3 Å². The maximum atomic E-state index is 13.7. The highest BCUT2D eigenvalue weighted by molar-refractivity contribution is 7.15. The first-order valence-corrected chi connectivity index (χ1v) is 10.0. The Morgan fingerprint density at radius 2 is 2.07 bits per heavy atom. The van der Waals surface area contributed by atoms with E-state index in [4.69, 9.17) is 11.6 Å². The van der Waals surface area contributed by atoms with Gasteiger partial charge in [-0.05, 0) is 24.6 Å². The van der Waals surface area contributed by atoms with Crippen LogP contribution in [0, 0.1) is 0 Å². The Kier molecular flexibility index (Phi) is 6.53. The molecule has 11 heteroatoms. The number of anilines is 1. The lowest BCUT2D eigenvalue weighted by molar-refractivity contribution is -0.143. The predicted molar refractivity (Wildman–Crippen MR) is 105 cm³/mol. The maximum absolute atomic E-state index is 13.7. The molecule has 0 saturated heterocycles. The zero-order chi connectivity index (χ0) is 21.0. The minimum absolute atomic E-state index is 0.0954. The quantitative estimate of drug-likeness (QED) is 0.497. The number of carbonyl (C=O) groups is 1. The number of alkyl halides is 3. The van der Waals surface area contributed by atoms with Crippen molar-refractivity contribution in [3.63, 3.8) is 0 Å². The number of rotatable bonds is 7. The molecule has 0 fully saturated rings. The van der Waals surface area contributed by atoms with Crippen molar-refractivity contribution in [2.75, 3.05) is 5.32 Å². The van der Waals surface area contributed by atoms with Gasteiger partial charge < -0.3 is 0 Å². The zero-order valence-electron chi connectivity index (χ0n) is 15.3. The second kappa shape index (κ2) is 8.91. The smallest absolute Gasteiger partial charge is 0.296 e. The van der Waals surface area contributed by atoms with Crippen molar-refractivity contribution in [1.29, 1.82) is 0 Å². The molecular weight excluding hydrogens is 427 g/mol. The number of nitrogens with zero attached hydrogens (tertiary/aromatic N) is 4. The molecule has 1 amide bonds. The molecule has 0 unspecified atom stereocenters. The van der Waals surface area contributed by atoms with Crippen molar-refractivity contribution in [2.45, 2.75) is 38.8 Å². The molecule has 0 radical (unpaired) electrons. The van der Waals surface area contributed by atoms with Gasteiger partial charge >= 0.3 is 6.18 Å². The number of benzene rings is 1. The molecule has 0 spiro atoms. The minimum atomic E-state index is -4.81. The third-order valence-corrected chi connectivity index (χ3v) is 5.15. The summed E-state index contributed by atoms with van der Waals surface area (Å²) in [7, 11) is 0. The summed E-state index contributed by atoms with van der Waals surface area (Å²) in [5, 5.41) is 15.1. The number of hydrogen-bond acceptors (Lipinski definition) is 5. The lowest BCUT2D eigenvalue weighted by Gasteiger charge is -2.12. The van der Waals surface area contributed by atoms with Crippen LogP contribution in [0.1, 0.15) is 47.2 Å². The minimum Gasteiger partial charge on any atom is -0.296 e. The molecule has 2 heterocycles. The summed E-state index contributed by atoms with van der Waals surface area (Å²) in [6.45, 7) is 2.08. The second-order valence-corrected chi connectivity index (χ2v) is 7.71. The van der Waals surface area contributed by atoms with E-state index >= 15 is 0 Å². The molecule has 3 aromatic rings. The molecule has 0 aliphatic carbocycles. The SMILES string of the molecule is CCCCCc1nnc(NC(=O)c2cnn(-c3cccc(Cl)c3)c2C(F)(F)F)s1. The molecule has 0 atom stereocenters. The standard InChI is InChI=1S/C18H17ClF3N5OS/c1-2-3-4-8-14-25-26-17(29-14)24-16(28)13-10-23-27(15(13)18(20,21)22)12-7-5-6-11(19)9-12/h5-7,9-10H,2-4,8H2,1H3,(H,24,26,28). The highest BCUT2D eigenvalue weighted by Gasteiger charge is 2.40. The highest BCUT2D eigenvalue weighted by atomic mass is 35.5. The number of aromatic nitrogens is 4. The lowest BCUT2D eigenvalue weighted by Crippen LogP contribution is -2.20. The van der Waals surface area contributed by atoms with Gasteiger partial charge in [-0.1, -0.05) is 48.8 Å². The van der Waals surface area contributed by atoms with Crippen molar-refractivity contribution >= 4 is 34.0 Å². The van der Waals surface area contributed by atoms with Crippen LogP contribution in [0.5, 0.6) is 0 Å². The predicted octanol–water partition coefficient (Wildman–Crippen LogP) is 5.38. The molecule has 2 aromatic heterocycles. The van der Waals surface area contributed by atoms with Gasteiger partial charge in [0.25, 0.3) is 5.91 Å². The summed E-state index contributed by atoms with van der Waals surface area (Å²) in [5.74, 6) is -0.957. The average molecular weight is 444 g/mol. The van der Waals surface area contributed by atoms with Crippen molar-refractivity contribution in [1.82, 2.24) is 20.0 Å². The summed E-state index contributed by atoms with van der Waals surface area (Å²) in [5.41, 5.74) is -1.71. The van der Waals surface area contributed by atoms with E-state index in [0.717, 1.165) is 41.8 Å². The number of aryl methyl sites for hydroxylation is 1. The summed E-state index contributed by atoms with van der Waals surface area (Å²) >= 11 is 7.01. The Hall–Kier alpha value is -2.46. The van der Waals surface area contributed by atoms with Gasteiger partial charge in [0.05, 0.1) is 17.4 Å². The molecule has 29 heavy (non-hydrogen) atoms. The summed E-state index contributed by atoms with van der Waals surface area (Å²) in [4.78, 5) is 12.5. The number of nitrogens with one attached hydrogen (secondary N) is 1. The zero-order valence-corrected chi connectivity index (χ0v) is 16.9. The van der Waals surface area contributed by atoms with Gasteiger partial charge in [0, 0.05) is 11.4 Å². The molecule has 0 bridgehead atoms. The summed E-state index contributed by atoms with van der Waals surface area (Å²) in [6.07, 6.45) is -0.191. The number of amides is 1. The van der Waals surface area contributed by atoms with E-state index in [1.807, 2.05) is 0 Å². The van der Waals surface area contributed by atoms with Crippen molar-refractivity contribution < 1.29 is 18.0 Å². The van der Waals surface area contributed by atoms with Crippen molar-refractivity contribution in [3.8, 4) is 5.69 Å². The average Bonchev–Trinajstić information content (AvgIpc) is 3.28. The molecule has 6 nitrogen and oxygen atoms in total. The molecule has 0 saturated carbocycles. The first-order chi connectivity index (χ1) is 13.8. The third-order valence-electron chi connectivity index (χ3n) is 4.02. The second-order valence-electron chi connectivity index (χ2n) is 6.21. The normalized spacial score (nSPS) is 11.6. The van der Waals surface area contributed by atoms with Crippen LogP contribution in [0.25, 0.3) is 5.69 Å². The van der Waals surface area contributed by atoms with Gasteiger partial charge in [0.15, 0.2) is 5.69 Å². The fourth-order valence-corrected chi connectivity index (χ4v) is 3.65. The van der Waals surface area contributed by atoms with Crippen LogP contribution in [-0.4, -0.2) is 25.9 Å². The first kappa shape index (κ1) is 21.3. The van der Waals surface area contributed by atoms with Gasteiger partial charge in [-0.25, -0.2) is 4.68 Å². The molecule has 0 aliphatic rings. The van der Waals surface area contributed by atoms with E-state index < -0.39 is 23.3 Å². The number of halogens is 4. The third kappa shape index (κ3) is 5.13. The largest absolute Gasteiger partial charge is 0.434 e. The summed E-state index contributed by atoms with van der Waals surface area (Å²) < 4.78 is 41.8. The van der Waals surface area contributed by atoms with Crippen LogP contribution in [0.3, 0.4) is 0 Å². The van der Waals surface area contributed by atoms with Crippen LogP contribution >= 0.6 is 22.9 Å². The van der Waals surface area contributed by atoms with Gasteiger partial charge in [-0.3, -0.25) is 10.1 Å². The van der Waals surface area contributed by atoms with E-state index in [-0.39, 0.29) is 15.8 Å². The van der Waals surface area contributed by atoms with Crippen LogP contribution in [0.2, 0.25) is 5.02 Å². The Labute approximate surface area is 173 Å². The van der Waals surface area contributed by atoms with Crippen LogP contribution < -0.4 is 5.32 Å². The highest BCUT2D eigenvalue weighted by Crippen LogP contribution is 2.34. The number of unbranched alkanes of at least 4 members (excludes halogenated alkanes) is 2. The van der Waals surface area contributed by atoms with E-state index in [1.165, 1.54) is 24.3 Å². The van der Waals surface area contributed by atoms with Crippen molar-refractivity contribution in [3.05, 3.63) is 51.7 Å². The summed E-state index contributed by atoms with van der Waals surface area (Å²) in [6, 6.07) is 5.78. The molecule has 154 valence electrons. The van der Waals surface area contributed by atoms with E-state index in [1.54, 1.807) is 0 Å². The Balaban J connectivity index is 1.86. The first-order valence-electron chi connectivity index (χ1n) is 8.84. The molecule has 1 aromatic carbocycles. The van der Waals surface area contributed by atoms with Crippen LogP contribution in [-0.2, 0) is 12.6 Å². The number of hydrogen-bond donors (Lipinski definition) is 1. The van der Waals surface area contributed by atoms with Crippen molar-refractivity contribution in [2.24, 2.45) is 0 Å². The van der Waals surface area contributed by atoms with E-state index in [0.29, 0.717) is 11.1 Å². The molecule has 0 aliphatic heterocycles. The Morgan fingerprint density at radius 3 is 2.76 bits per heavy atom. The van der Waals surface area contributed by atoms with Gasteiger partial charge in [0.2, 0.25) is 5.13 Å². The van der Waals surface area contributed by atoms with Crippen LogP contribution in [0.4, 0.5) is 18.3 Å². The van der Waals surface area contributed by atoms with Crippen LogP contribution in [0.15, 0.2) is 30.5 Å². The topological polar surface area (TPSA) is 72.7 Å². The molecule has 1 N–H and O–H groups in total. The van der Waals surface area contributed by atoms with E-state index in [2.05, 4.69) is 27.5 Å². The number of carbonyl (C=O) groups excluding carboxylic acids is 1. The van der Waals surface area contributed by atoms with Gasteiger partial charge in [0.1, 0.15) is 5.01 Å². The molecule has 3 rings (SSSR count). The monoisotopic (exact) mass is 443 g/mol. The Bertz CT molecular complexity index is 1000.